The van der Waals surface area contributed by atoms with Crippen LogP contribution >= 0.6 is 34.5 Å². The number of halogens is 2. The third-order valence-corrected chi connectivity index (χ3v) is 6.62. The molecule has 0 radical (unpaired) electrons. The molecule has 1 atom stereocenters. The number of hydrogen-bond acceptors (Lipinski definition) is 6. The van der Waals surface area contributed by atoms with Crippen molar-refractivity contribution in [3.05, 3.63) is 93.3 Å². The van der Waals surface area contributed by atoms with Crippen LogP contribution in [0, 0.1) is 0 Å². The van der Waals surface area contributed by atoms with Crippen molar-refractivity contribution in [2.45, 2.75) is 13.0 Å². The first-order valence-electron chi connectivity index (χ1n) is 10.2. The summed E-state index contributed by atoms with van der Waals surface area (Å²) in [5.41, 5.74) is 2.92. The molecule has 0 bridgehead atoms. The fourth-order valence-corrected chi connectivity index (χ4v) is 4.51. The van der Waals surface area contributed by atoms with E-state index in [1.165, 1.54) is 17.6 Å². The van der Waals surface area contributed by atoms with Crippen molar-refractivity contribution in [1.29, 1.82) is 0 Å². The molecule has 0 unspecified atom stereocenters. The van der Waals surface area contributed by atoms with E-state index in [1.807, 2.05) is 24.3 Å². The predicted molar refractivity (Wildman–Crippen MR) is 136 cm³/mol. The van der Waals surface area contributed by atoms with Gasteiger partial charge in [-0.05, 0) is 49.4 Å². The number of fused-ring (bicyclic) bond motifs is 1. The molecule has 1 heterocycles. The van der Waals surface area contributed by atoms with Gasteiger partial charge in [-0.2, -0.15) is 5.10 Å². The maximum Gasteiger partial charge on any atom is 0.355 e. The lowest BCUT2D eigenvalue weighted by molar-refractivity contribution is -0.127. The maximum absolute atomic E-state index is 12.8. The van der Waals surface area contributed by atoms with E-state index in [0.29, 0.717) is 26.2 Å². The van der Waals surface area contributed by atoms with Crippen LogP contribution in [0.2, 0.25) is 10.0 Å². The van der Waals surface area contributed by atoms with Gasteiger partial charge >= 0.3 is 5.97 Å². The van der Waals surface area contributed by atoms with Crippen molar-refractivity contribution in [1.82, 2.24) is 5.43 Å². The van der Waals surface area contributed by atoms with E-state index >= 15 is 0 Å². The van der Waals surface area contributed by atoms with Gasteiger partial charge in [-0.25, -0.2) is 10.2 Å². The Kier molecular flexibility index (Phi) is 7.47. The van der Waals surface area contributed by atoms with Crippen LogP contribution in [-0.4, -0.2) is 24.2 Å². The summed E-state index contributed by atoms with van der Waals surface area (Å²) >= 11 is 13.5. The van der Waals surface area contributed by atoms with Crippen molar-refractivity contribution in [2.75, 3.05) is 0 Å². The molecule has 4 rings (SSSR count). The van der Waals surface area contributed by atoms with E-state index in [2.05, 4.69) is 10.5 Å². The number of benzene rings is 3. The Labute approximate surface area is 209 Å². The summed E-state index contributed by atoms with van der Waals surface area (Å²) in [7, 11) is 0. The molecule has 0 saturated heterocycles. The van der Waals surface area contributed by atoms with E-state index in [0.717, 1.165) is 10.1 Å². The Morgan fingerprint density at radius 3 is 2.47 bits per heavy atom. The summed E-state index contributed by atoms with van der Waals surface area (Å²) in [6.07, 6.45) is 0.601. The zero-order valence-electron chi connectivity index (χ0n) is 17.8. The average molecular weight is 513 g/mol. The van der Waals surface area contributed by atoms with Crippen LogP contribution in [0.3, 0.4) is 0 Å². The number of ether oxygens (including phenoxy) is 2. The molecule has 0 saturated carbocycles. The number of thiophene rings is 1. The second-order valence-corrected chi connectivity index (χ2v) is 8.98. The Hall–Kier alpha value is -3.39. The maximum atomic E-state index is 12.8. The Balaban J connectivity index is 1.41. The Morgan fingerprint density at radius 2 is 1.71 bits per heavy atom. The zero-order valence-corrected chi connectivity index (χ0v) is 20.2. The van der Waals surface area contributed by atoms with Gasteiger partial charge in [0.05, 0.1) is 11.2 Å². The summed E-state index contributed by atoms with van der Waals surface area (Å²) in [6.45, 7) is 1.60. The minimum absolute atomic E-state index is 0.282. The van der Waals surface area contributed by atoms with Crippen LogP contribution in [0.15, 0.2) is 77.9 Å². The van der Waals surface area contributed by atoms with Crippen molar-refractivity contribution >= 4 is 62.7 Å². The normalized spacial score (nSPS) is 12.0. The van der Waals surface area contributed by atoms with Crippen LogP contribution in [0.4, 0.5) is 0 Å². The van der Waals surface area contributed by atoms with Crippen LogP contribution in [-0.2, 0) is 4.79 Å². The molecule has 6 nitrogen and oxygen atoms in total. The first kappa shape index (κ1) is 23.8. The van der Waals surface area contributed by atoms with Gasteiger partial charge in [-0.15, -0.1) is 11.3 Å². The third kappa shape index (κ3) is 5.56. The first-order valence-corrected chi connectivity index (χ1v) is 11.7. The SMILES string of the molecule is C[C@H](Oc1ccc(Cl)cc1)C(=O)N/N=C/c1ccccc1OC(=O)c1sc2ccccc2c1Cl. The number of nitrogens with zero attached hydrogens (tertiary/aromatic N) is 1. The molecule has 1 amide bonds. The monoisotopic (exact) mass is 512 g/mol. The largest absolute Gasteiger partial charge is 0.481 e. The first-order chi connectivity index (χ1) is 16.4. The van der Waals surface area contributed by atoms with Gasteiger partial charge in [0, 0.05) is 20.7 Å². The standard InChI is InChI=1S/C25H18Cl2N2O4S/c1-15(32-18-12-10-17(26)11-13-18)24(30)29-28-14-16-6-2-4-8-20(16)33-25(31)23-22(27)19-7-3-5-9-21(19)34-23/h2-15H,1H3,(H,29,30)/b28-14+/t15-/m0/s1. The van der Waals surface area contributed by atoms with Crippen LogP contribution < -0.4 is 14.9 Å². The molecule has 9 heteroatoms. The lowest BCUT2D eigenvalue weighted by atomic mass is 10.2. The van der Waals surface area contributed by atoms with Crippen molar-refractivity contribution in [2.24, 2.45) is 5.10 Å². The fourth-order valence-electron chi connectivity index (χ4n) is 3.00. The number of para-hydroxylation sites is 1. The minimum Gasteiger partial charge on any atom is -0.481 e. The van der Waals surface area contributed by atoms with Crippen molar-refractivity contribution in [3.8, 4) is 11.5 Å². The van der Waals surface area contributed by atoms with Gasteiger partial charge in [0.1, 0.15) is 16.4 Å². The molecule has 0 aliphatic heterocycles. The molecule has 4 aromatic rings. The van der Waals surface area contributed by atoms with Crippen molar-refractivity contribution < 1.29 is 19.1 Å². The summed E-state index contributed by atoms with van der Waals surface area (Å²) < 4.78 is 12.0. The lowest BCUT2D eigenvalue weighted by Gasteiger charge is -2.12. The Bertz CT molecular complexity index is 1370. The number of hydrogen-bond donors (Lipinski definition) is 1. The smallest absolute Gasteiger partial charge is 0.355 e. The molecule has 1 aromatic heterocycles. The van der Waals surface area contributed by atoms with E-state index in [9.17, 15) is 9.59 Å². The van der Waals surface area contributed by atoms with Crippen LogP contribution in [0.5, 0.6) is 11.5 Å². The van der Waals surface area contributed by atoms with Gasteiger partial charge < -0.3 is 9.47 Å². The number of nitrogens with one attached hydrogen (secondary N) is 1. The number of amides is 1. The van der Waals surface area contributed by atoms with Crippen LogP contribution in [0.25, 0.3) is 10.1 Å². The van der Waals surface area contributed by atoms with Gasteiger partial charge in [0.2, 0.25) is 0 Å². The highest BCUT2D eigenvalue weighted by Gasteiger charge is 2.20. The van der Waals surface area contributed by atoms with Gasteiger partial charge in [0.25, 0.3) is 5.91 Å². The van der Waals surface area contributed by atoms with Gasteiger partial charge in [-0.3, -0.25) is 4.79 Å². The number of carbonyl (C=O) groups is 2. The molecular formula is C25H18Cl2N2O4S. The fraction of sp³-hybridized carbons (Fsp3) is 0.0800. The molecule has 1 N–H and O–H groups in total. The van der Waals surface area contributed by atoms with Crippen molar-refractivity contribution in [3.63, 3.8) is 0 Å². The molecule has 34 heavy (non-hydrogen) atoms. The summed E-state index contributed by atoms with van der Waals surface area (Å²) in [5, 5.41) is 5.70. The topological polar surface area (TPSA) is 77.0 Å². The average Bonchev–Trinajstić information content (AvgIpc) is 3.18. The number of hydrazone groups is 1. The molecule has 3 aromatic carbocycles. The Morgan fingerprint density at radius 1 is 1.00 bits per heavy atom. The highest BCUT2D eigenvalue weighted by atomic mass is 35.5. The number of rotatable bonds is 7. The zero-order chi connectivity index (χ0) is 24.1. The van der Waals surface area contributed by atoms with E-state index in [1.54, 1.807) is 55.5 Å². The van der Waals surface area contributed by atoms with E-state index in [4.69, 9.17) is 32.7 Å². The van der Waals surface area contributed by atoms with E-state index in [-0.39, 0.29) is 5.75 Å². The molecular weight excluding hydrogens is 495 g/mol. The highest BCUT2D eigenvalue weighted by molar-refractivity contribution is 7.21. The van der Waals surface area contributed by atoms with Gasteiger partial charge in [-0.1, -0.05) is 53.5 Å². The molecule has 0 spiro atoms. The van der Waals surface area contributed by atoms with Crippen LogP contribution in [0.1, 0.15) is 22.2 Å². The lowest BCUT2D eigenvalue weighted by Crippen LogP contribution is -2.33. The third-order valence-electron chi connectivity index (χ3n) is 4.72. The second-order valence-electron chi connectivity index (χ2n) is 7.12. The summed E-state index contributed by atoms with van der Waals surface area (Å²) in [5.74, 6) is -0.225. The van der Waals surface area contributed by atoms with Gasteiger partial charge in [0.15, 0.2) is 6.10 Å². The predicted octanol–water partition coefficient (Wildman–Crippen LogP) is 6.34. The number of carbonyl (C=O) groups excluding carboxylic acids is 2. The summed E-state index contributed by atoms with van der Waals surface area (Å²) in [6, 6.07) is 21.0. The van der Waals surface area contributed by atoms with E-state index < -0.39 is 18.0 Å². The molecule has 0 aliphatic carbocycles. The number of esters is 1. The minimum atomic E-state index is -0.790. The second kappa shape index (κ2) is 10.7. The molecule has 172 valence electrons. The molecule has 0 aliphatic rings. The molecule has 0 fully saturated rings. The quantitative estimate of drug-likeness (QED) is 0.135. The summed E-state index contributed by atoms with van der Waals surface area (Å²) in [4.78, 5) is 25.4. The highest BCUT2D eigenvalue weighted by Crippen LogP contribution is 2.36.